The summed E-state index contributed by atoms with van der Waals surface area (Å²) in [4.78, 5) is 12.1. The summed E-state index contributed by atoms with van der Waals surface area (Å²) in [6.07, 6.45) is 9.04. The van der Waals surface area contributed by atoms with Crippen LogP contribution in [0.15, 0.2) is 0 Å². The summed E-state index contributed by atoms with van der Waals surface area (Å²) in [6, 6.07) is 0. The highest BCUT2D eigenvalue weighted by atomic mass is 32.2. The Morgan fingerprint density at radius 3 is 2.74 bits per heavy atom. The van der Waals surface area contributed by atoms with Crippen molar-refractivity contribution in [3.63, 3.8) is 0 Å². The molecule has 1 heterocycles. The predicted octanol–water partition coefficient (Wildman–Crippen LogP) is 3.19. The van der Waals surface area contributed by atoms with Gasteiger partial charge < -0.3 is 4.74 Å². The van der Waals surface area contributed by atoms with E-state index in [1.54, 1.807) is 0 Å². The second-order valence-electron chi connectivity index (χ2n) is 6.22. The number of carbonyl (C=O) groups is 1. The number of hydrogen-bond donors (Lipinski definition) is 1. The van der Waals surface area contributed by atoms with Crippen LogP contribution in [0.5, 0.6) is 0 Å². The molecule has 1 aliphatic carbocycles. The molecule has 4 heteroatoms. The van der Waals surface area contributed by atoms with Crippen LogP contribution in [0.4, 0.5) is 0 Å². The number of nitrogens with one attached hydrogen (secondary N) is 1. The van der Waals surface area contributed by atoms with Gasteiger partial charge in [0.15, 0.2) is 6.23 Å². The molecule has 2 rings (SSSR count). The highest BCUT2D eigenvalue weighted by molar-refractivity contribution is 7.99. The molecule has 1 aliphatic heterocycles. The van der Waals surface area contributed by atoms with E-state index in [4.69, 9.17) is 4.74 Å². The lowest BCUT2D eigenvalue weighted by molar-refractivity contribution is -0.188. The van der Waals surface area contributed by atoms with Gasteiger partial charge in [0.1, 0.15) is 0 Å². The van der Waals surface area contributed by atoms with Gasteiger partial charge in [-0.1, -0.05) is 33.1 Å². The van der Waals surface area contributed by atoms with E-state index < -0.39 is 0 Å². The molecule has 2 unspecified atom stereocenters. The van der Waals surface area contributed by atoms with Crippen LogP contribution in [0, 0.1) is 11.3 Å². The standard InChI is InChI=1S/C15H27NO2S/c1-4-5-6-7-11(2)13(17)18-14-15(10-16-14)8-12(9-15)19-3/h11-12,14,16H,4-10H2,1-3H3. The molecule has 2 aliphatic rings. The third-order valence-corrected chi connectivity index (χ3v) is 5.67. The number of esters is 1. The zero-order chi connectivity index (χ0) is 13.9. The van der Waals surface area contributed by atoms with Crippen molar-refractivity contribution in [3.8, 4) is 0 Å². The molecule has 110 valence electrons. The quantitative estimate of drug-likeness (QED) is 0.576. The van der Waals surface area contributed by atoms with Gasteiger partial charge in [-0.05, 0) is 25.5 Å². The molecule has 1 saturated carbocycles. The Morgan fingerprint density at radius 1 is 1.47 bits per heavy atom. The van der Waals surface area contributed by atoms with Gasteiger partial charge in [-0.3, -0.25) is 10.1 Å². The van der Waals surface area contributed by atoms with Gasteiger partial charge >= 0.3 is 5.97 Å². The van der Waals surface area contributed by atoms with Crippen LogP contribution in [-0.4, -0.2) is 30.2 Å². The van der Waals surface area contributed by atoms with Gasteiger partial charge in [0, 0.05) is 17.2 Å². The molecule has 1 saturated heterocycles. The van der Waals surface area contributed by atoms with E-state index in [0.29, 0.717) is 0 Å². The number of unbranched alkanes of at least 4 members (excludes halogenated alkanes) is 2. The van der Waals surface area contributed by atoms with Crippen molar-refractivity contribution >= 4 is 17.7 Å². The lowest BCUT2D eigenvalue weighted by Crippen LogP contribution is -2.69. The van der Waals surface area contributed by atoms with E-state index >= 15 is 0 Å². The van der Waals surface area contributed by atoms with Crippen molar-refractivity contribution in [2.75, 3.05) is 12.8 Å². The Morgan fingerprint density at radius 2 is 2.21 bits per heavy atom. The molecule has 0 aromatic heterocycles. The smallest absolute Gasteiger partial charge is 0.310 e. The van der Waals surface area contributed by atoms with Crippen LogP contribution in [0.2, 0.25) is 0 Å². The number of hydrogen-bond acceptors (Lipinski definition) is 4. The molecule has 0 amide bonds. The molecule has 2 atom stereocenters. The highest BCUT2D eigenvalue weighted by Gasteiger charge is 2.57. The van der Waals surface area contributed by atoms with Gasteiger partial charge in [0.05, 0.1) is 5.92 Å². The van der Waals surface area contributed by atoms with E-state index in [1.807, 2.05) is 18.7 Å². The van der Waals surface area contributed by atoms with Crippen LogP contribution >= 0.6 is 11.8 Å². The number of carbonyl (C=O) groups excluding carboxylic acids is 1. The minimum atomic E-state index is -0.0166. The third-order valence-electron chi connectivity index (χ3n) is 4.67. The maximum absolute atomic E-state index is 12.1. The first-order valence-corrected chi connectivity index (χ1v) is 8.87. The summed E-state index contributed by atoms with van der Waals surface area (Å²) >= 11 is 1.94. The monoisotopic (exact) mass is 285 g/mol. The zero-order valence-corrected chi connectivity index (χ0v) is 13.2. The average Bonchev–Trinajstić information content (AvgIpc) is 2.33. The normalized spacial score (nSPS) is 34.5. The maximum Gasteiger partial charge on any atom is 0.310 e. The molecule has 0 radical (unpaired) electrons. The second kappa shape index (κ2) is 6.49. The van der Waals surface area contributed by atoms with Crippen molar-refractivity contribution in [2.45, 2.75) is 63.9 Å². The van der Waals surface area contributed by atoms with Crippen LogP contribution < -0.4 is 5.32 Å². The fourth-order valence-electron chi connectivity index (χ4n) is 3.06. The number of ether oxygens (including phenoxy) is 1. The Labute approximate surface area is 121 Å². The minimum absolute atomic E-state index is 0.0136. The Hall–Kier alpha value is -0.220. The average molecular weight is 285 g/mol. The Kier molecular flexibility index (Phi) is 5.18. The van der Waals surface area contributed by atoms with Crippen molar-refractivity contribution < 1.29 is 9.53 Å². The van der Waals surface area contributed by atoms with Crippen molar-refractivity contribution in [3.05, 3.63) is 0 Å². The van der Waals surface area contributed by atoms with Crippen LogP contribution in [-0.2, 0) is 9.53 Å². The maximum atomic E-state index is 12.1. The topological polar surface area (TPSA) is 38.3 Å². The summed E-state index contributed by atoms with van der Waals surface area (Å²) < 4.78 is 5.67. The summed E-state index contributed by atoms with van der Waals surface area (Å²) in [5.74, 6) is 0.0303. The van der Waals surface area contributed by atoms with E-state index in [0.717, 1.165) is 24.6 Å². The number of thioether (sulfide) groups is 1. The van der Waals surface area contributed by atoms with Gasteiger partial charge in [-0.15, -0.1) is 0 Å². The summed E-state index contributed by atoms with van der Waals surface area (Å²) in [5, 5.41) is 4.05. The fourth-order valence-corrected chi connectivity index (χ4v) is 4.06. The first-order chi connectivity index (χ1) is 9.11. The lowest BCUT2D eigenvalue weighted by Gasteiger charge is -2.58. The van der Waals surface area contributed by atoms with Crippen molar-refractivity contribution in [1.29, 1.82) is 0 Å². The fraction of sp³-hybridized carbons (Fsp3) is 0.933. The first-order valence-electron chi connectivity index (χ1n) is 7.58. The molecule has 0 aromatic carbocycles. The Bertz CT molecular complexity index is 315. The molecule has 1 spiro atoms. The minimum Gasteiger partial charge on any atom is -0.446 e. The third kappa shape index (κ3) is 3.27. The zero-order valence-electron chi connectivity index (χ0n) is 12.4. The van der Waals surface area contributed by atoms with Crippen LogP contribution in [0.3, 0.4) is 0 Å². The van der Waals surface area contributed by atoms with E-state index in [-0.39, 0.29) is 23.5 Å². The van der Waals surface area contributed by atoms with E-state index in [9.17, 15) is 4.79 Å². The molecule has 1 N–H and O–H groups in total. The van der Waals surface area contributed by atoms with Gasteiger partial charge in [-0.25, -0.2) is 0 Å². The van der Waals surface area contributed by atoms with Gasteiger partial charge in [0.25, 0.3) is 0 Å². The van der Waals surface area contributed by atoms with Crippen molar-refractivity contribution in [2.24, 2.45) is 11.3 Å². The SMILES string of the molecule is CCCCCC(C)C(=O)OC1NCC12CC(SC)C2. The second-order valence-corrected chi connectivity index (χ2v) is 7.36. The highest BCUT2D eigenvalue weighted by Crippen LogP contribution is 2.52. The Balaban J connectivity index is 1.71. The molecule has 3 nitrogen and oxygen atoms in total. The van der Waals surface area contributed by atoms with Crippen molar-refractivity contribution in [1.82, 2.24) is 5.32 Å². The summed E-state index contributed by atoms with van der Waals surface area (Å²) in [7, 11) is 0. The molecule has 0 bridgehead atoms. The van der Waals surface area contributed by atoms with E-state index in [1.165, 1.54) is 25.7 Å². The predicted molar refractivity (Wildman–Crippen MR) is 80.2 cm³/mol. The van der Waals surface area contributed by atoms with Gasteiger partial charge in [0.2, 0.25) is 0 Å². The molecular weight excluding hydrogens is 258 g/mol. The molecule has 19 heavy (non-hydrogen) atoms. The van der Waals surface area contributed by atoms with Crippen LogP contribution in [0.25, 0.3) is 0 Å². The molecule has 0 aromatic rings. The summed E-state index contributed by atoms with van der Waals surface area (Å²) in [5.41, 5.74) is 0.270. The lowest BCUT2D eigenvalue weighted by atomic mass is 9.62. The molecule has 2 fully saturated rings. The number of rotatable bonds is 7. The van der Waals surface area contributed by atoms with E-state index in [2.05, 4.69) is 18.5 Å². The largest absolute Gasteiger partial charge is 0.446 e. The molecular formula is C15H27NO2S. The first kappa shape index (κ1) is 15.2. The summed E-state index contributed by atoms with van der Waals surface area (Å²) in [6.45, 7) is 5.20. The van der Waals surface area contributed by atoms with Crippen LogP contribution in [0.1, 0.15) is 52.4 Å². The van der Waals surface area contributed by atoms with Gasteiger partial charge in [-0.2, -0.15) is 11.8 Å².